The number of hydrogen-bond donors (Lipinski definition) is 1. The normalized spacial score (nSPS) is 19.6. The van der Waals surface area contributed by atoms with Crippen LogP contribution in [0.3, 0.4) is 0 Å². The Labute approximate surface area is 104 Å². The Hall–Kier alpha value is -1.38. The van der Waals surface area contributed by atoms with Crippen LogP contribution >= 0.6 is 0 Å². The van der Waals surface area contributed by atoms with Crippen molar-refractivity contribution < 1.29 is 4.74 Å². The predicted octanol–water partition coefficient (Wildman–Crippen LogP) is 2.90. The van der Waals surface area contributed by atoms with Gasteiger partial charge < -0.3 is 15.4 Å². The molecule has 3 heteroatoms. The molecule has 1 saturated heterocycles. The van der Waals surface area contributed by atoms with Crippen LogP contribution in [-0.4, -0.2) is 20.2 Å². The highest BCUT2D eigenvalue weighted by Crippen LogP contribution is 2.35. The molecule has 1 aromatic rings. The van der Waals surface area contributed by atoms with Crippen molar-refractivity contribution in [1.82, 2.24) is 0 Å². The molecule has 0 aliphatic carbocycles. The van der Waals surface area contributed by atoms with E-state index in [1.165, 1.54) is 19.3 Å². The van der Waals surface area contributed by atoms with E-state index in [1.54, 1.807) is 7.11 Å². The lowest BCUT2D eigenvalue weighted by atomic mass is 10.0. The first-order valence-electron chi connectivity index (χ1n) is 6.43. The third-order valence-corrected chi connectivity index (χ3v) is 3.59. The van der Waals surface area contributed by atoms with Gasteiger partial charge in [0.1, 0.15) is 5.75 Å². The lowest BCUT2D eigenvalue weighted by Crippen LogP contribution is -2.21. The van der Waals surface area contributed by atoms with Gasteiger partial charge in [-0.1, -0.05) is 19.4 Å². The summed E-state index contributed by atoms with van der Waals surface area (Å²) in [5.41, 5.74) is 8.02. The van der Waals surface area contributed by atoms with Crippen molar-refractivity contribution in [3.05, 3.63) is 18.2 Å². The van der Waals surface area contributed by atoms with Gasteiger partial charge in [-0.3, -0.25) is 0 Å². The summed E-state index contributed by atoms with van der Waals surface area (Å²) >= 11 is 0. The zero-order valence-corrected chi connectivity index (χ0v) is 10.8. The van der Waals surface area contributed by atoms with Crippen LogP contribution in [0.15, 0.2) is 18.2 Å². The first-order chi connectivity index (χ1) is 8.26. The zero-order chi connectivity index (χ0) is 12.3. The third kappa shape index (κ3) is 2.48. The fourth-order valence-corrected chi connectivity index (χ4v) is 2.68. The minimum absolute atomic E-state index is 0.771. The maximum atomic E-state index is 6.13. The first-order valence-corrected chi connectivity index (χ1v) is 6.43. The van der Waals surface area contributed by atoms with Gasteiger partial charge in [-0.25, -0.2) is 0 Å². The summed E-state index contributed by atoms with van der Waals surface area (Å²) in [6.07, 6.45) is 3.87. The first kappa shape index (κ1) is 12.1. The Morgan fingerprint density at radius 2 is 2.29 bits per heavy atom. The van der Waals surface area contributed by atoms with Gasteiger partial charge in [-0.15, -0.1) is 0 Å². The maximum Gasteiger partial charge on any atom is 0.143 e. The number of hydrogen-bond acceptors (Lipinski definition) is 3. The number of methoxy groups -OCH3 is 1. The number of nitrogens with two attached hydrogens (primary N) is 1. The number of nitrogens with zero attached hydrogens (tertiary/aromatic N) is 1. The summed E-state index contributed by atoms with van der Waals surface area (Å²) in [6.45, 7) is 4.50. The molecule has 2 N–H and O–H groups in total. The molecule has 1 fully saturated rings. The van der Waals surface area contributed by atoms with E-state index in [-0.39, 0.29) is 0 Å². The van der Waals surface area contributed by atoms with Crippen LogP contribution in [0, 0.1) is 5.92 Å². The Kier molecular flexibility index (Phi) is 3.77. The predicted molar refractivity (Wildman–Crippen MR) is 72.6 cm³/mol. The van der Waals surface area contributed by atoms with E-state index >= 15 is 0 Å². The minimum Gasteiger partial charge on any atom is -0.495 e. The largest absolute Gasteiger partial charge is 0.495 e. The van der Waals surface area contributed by atoms with E-state index in [9.17, 15) is 0 Å². The Morgan fingerprint density at radius 3 is 3.00 bits per heavy atom. The summed E-state index contributed by atoms with van der Waals surface area (Å²) in [6, 6.07) is 6.02. The summed E-state index contributed by atoms with van der Waals surface area (Å²) in [5.74, 6) is 1.60. The Bertz CT molecular complexity index is 378. The van der Waals surface area contributed by atoms with Crippen LogP contribution in [0.1, 0.15) is 26.2 Å². The van der Waals surface area contributed by atoms with Gasteiger partial charge in [0, 0.05) is 13.1 Å². The summed E-state index contributed by atoms with van der Waals surface area (Å²) in [7, 11) is 1.67. The molecule has 0 aromatic heterocycles. The highest BCUT2D eigenvalue weighted by atomic mass is 16.5. The summed E-state index contributed by atoms with van der Waals surface area (Å²) < 4.78 is 5.27. The van der Waals surface area contributed by atoms with Crippen LogP contribution in [0.4, 0.5) is 11.4 Å². The van der Waals surface area contributed by atoms with E-state index in [1.807, 2.05) is 12.1 Å². The molecule has 1 heterocycles. The number of ether oxygens (including phenoxy) is 1. The lowest BCUT2D eigenvalue weighted by Gasteiger charge is -2.21. The van der Waals surface area contributed by atoms with Crippen LogP contribution in [0.5, 0.6) is 5.75 Å². The molecule has 2 rings (SSSR count). The average Bonchev–Trinajstić information content (AvgIpc) is 2.78. The third-order valence-electron chi connectivity index (χ3n) is 3.59. The molecule has 0 saturated carbocycles. The standard InChI is InChI=1S/C14H22N2O/c1-3-5-11-8-9-16(10-11)12-6-4-7-13(17-2)14(12)15/h4,6-7,11H,3,5,8-10,15H2,1-2H3. The van der Waals surface area contributed by atoms with Gasteiger partial charge in [0.15, 0.2) is 0 Å². The van der Waals surface area contributed by atoms with Gasteiger partial charge in [-0.05, 0) is 30.9 Å². The molecule has 1 aromatic carbocycles. The van der Waals surface area contributed by atoms with Gasteiger partial charge >= 0.3 is 0 Å². The summed E-state index contributed by atoms with van der Waals surface area (Å²) in [5, 5.41) is 0. The van der Waals surface area contributed by atoms with E-state index in [0.717, 1.165) is 36.1 Å². The molecule has 3 nitrogen and oxygen atoms in total. The number of para-hydroxylation sites is 1. The number of rotatable bonds is 4. The van der Waals surface area contributed by atoms with Crippen molar-refractivity contribution >= 4 is 11.4 Å². The molecule has 94 valence electrons. The topological polar surface area (TPSA) is 38.5 Å². The number of benzene rings is 1. The zero-order valence-electron chi connectivity index (χ0n) is 10.8. The highest BCUT2D eigenvalue weighted by Gasteiger charge is 2.23. The van der Waals surface area contributed by atoms with Gasteiger partial charge in [0.25, 0.3) is 0 Å². The molecule has 0 amide bonds. The van der Waals surface area contributed by atoms with Gasteiger partial charge in [0.05, 0.1) is 18.5 Å². The fraction of sp³-hybridized carbons (Fsp3) is 0.571. The minimum atomic E-state index is 0.771. The van der Waals surface area contributed by atoms with Crippen molar-refractivity contribution in [3.8, 4) is 5.75 Å². The van der Waals surface area contributed by atoms with E-state index in [2.05, 4.69) is 17.9 Å². The lowest BCUT2D eigenvalue weighted by molar-refractivity contribution is 0.417. The van der Waals surface area contributed by atoms with Crippen LogP contribution in [0.25, 0.3) is 0 Å². The number of nitrogen functional groups attached to an aromatic ring is 1. The fourth-order valence-electron chi connectivity index (χ4n) is 2.68. The van der Waals surface area contributed by atoms with Crippen LogP contribution < -0.4 is 15.4 Å². The SMILES string of the molecule is CCCC1CCN(c2cccc(OC)c2N)C1. The molecular weight excluding hydrogens is 212 g/mol. The molecule has 0 spiro atoms. The number of anilines is 2. The second kappa shape index (κ2) is 5.30. The summed E-state index contributed by atoms with van der Waals surface area (Å²) in [4.78, 5) is 2.39. The maximum absolute atomic E-state index is 6.13. The smallest absolute Gasteiger partial charge is 0.143 e. The van der Waals surface area contributed by atoms with Crippen molar-refractivity contribution in [2.24, 2.45) is 5.92 Å². The second-order valence-corrected chi connectivity index (χ2v) is 4.78. The average molecular weight is 234 g/mol. The molecular formula is C14H22N2O. The van der Waals surface area contributed by atoms with E-state index in [0.29, 0.717) is 0 Å². The second-order valence-electron chi connectivity index (χ2n) is 4.78. The Balaban J connectivity index is 2.13. The molecule has 1 atom stereocenters. The molecule has 1 unspecified atom stereocenters. The van der Waals surface area contributed by atoms with Crippen molar-refractivity contribution in [1.29, 1.82) is 0 Å². The quantitative estimate of drug-likeness (QED) is 0.814. The molecule has 17 heavy (non-hydrogen) atoms. The van der Waals surface area contributed by atoms with Crippen LogP contribution in [0.2, 0.25) is 0 Å². The van der Waals surface area contributed by atoms with Crippen molar-refractivity contribution in [2.45, 2.75) is 26.2 Å². The van der Waals surface area contributed by atoms with Gasteiger partial charge in [0.2, 0.25) is 0 Å². The van der Waals surface area contributed by atoms with Crippen LogP contribution in [-0.2, 0) is 0 Å². The molecule has 1 aliphatic rings. The molecule has 0 radical (unpaired) electrons. The highest BCUT2D eigenvalue weighted by molar-refractivity contribution is 5.74. The van der Waals surface area contributed by atoms with Crippen molar-refractivity contribution in [3.63, 3.8) is 0 Å². The molecule has 1 aliphatic heterocycles. The van der Waals surface area contributed by atoms with Crippen molar-refractivity contribution in [2.75, 3.05) is 30.8 Å². The van der Waals surface area contributed by atoms with E-state index < -0.39 is 0 Å². The molecule has 0 bridgehead atoms. The van der Waals surface area contributed by atoms with Gasteiger partial charge in [-0.2, -0.15) is 0 Å². The van der Waals surface area contributed by atoms with E-state index in [4.69, 9.17) is 10.5 Å². The monoisotopic (exact) mass is 234 g/mol. The Morgan fingerprint density at radius 1 is 1.47 bits per heavy atom.